The Balaban J connectivity index is 2.06. The second kappa shape index (κ2) is 6.45. The predicted octanol–water partition coefficient (Wildman–Crippen LogP) is 0.233. The van der Waals surface area contributed by atoms with E-state index in [1.807, 2.05) is 6.92 Å². The Hall–Kier alpha value is -1.93. The molecule has 1 aliphatic heterocycles. The summed E-state index contributed by atoms with van der Waals surface area (Å²) in [7, 11) is 3.21. The molecule has 2 heterocycles. The number of anilines is 1. The summed E-state index contributed by atoms with van der Waals surface area (Å²) in [5.41, 5.74) is -0.313. The molecule has 122 valence electrons. The molecule has 1 unspecified atom stereocenters. The first-order chi connectivity index (χ1) is 10.4. The van der Waals surface area contributed by atoms with Gasteiger partial charge in [-0.3, -0.25) is 19.2 Å². The van der Waals surface area contributed by atoms with Gasteiger partial charge in [0.15, 0.2) is 0 Å². The monoisotopic (exact) mass is 310 g/mol. The minimum atomic E-state index is -1.12. The van der Waals surface area contributed by atoms with Gasteiger partial charge in [0.25, 0.3) is 0 Å². The molecular weight excluding hydrogens is 288 g/mol. The molecule has 1 aromatic heterocycles. The Bertz CT molecular complexity index is 571. The third-order valence-corrected chi connectivity index (χ3v) is 4.01. The molecule has 8 nitrogen and oxygen atoms in total. The van der Waals surface area contributed by atoms with Crippen LogP contribution in [0.15, 0.2) is 6.07 Å². The fraction of sp³-hybridized carbons (Fsp3) is 0.643. The van der Waals surface area contributed by atoms with Crippen molar-refractivity contribution in [2.75, 3.05) is 32.1 Å². The summed E-state index contributed by atoms with van der Waals surface area (Å²) in [6, 6.07) is 1.77. The highest BCUT2D eigenvalue weighted by Gasteiger charge is 2.48. The van der Waals surface area contributed by atoms with Crippen LogP contribution in [0.1, 0.15) is 18.5 Å². The highest BCUT2D eigenvalue weighted by atomic mass is 16.5. The van der Waals surface area contributed by atoms with Crippen molar-refractivity contribution in [3.8, 4) is 0 Å². The summed E-state index contributed by atoms with van der Waals surface area (Å²) < 4.78 is 6.65. The van der Waals surface area contributed by atoms with Gasteiger partial charge in [0.2, 0.25) is 5.91 Å². The van der Waals surface area contributed by atoms with Crippen LogP contribution in [0.2, 0.25) is 0 Å². The maximum Gasteiger partial charge on any atom is 0.326 e. The summed E-state index contributed by atoms with van der Waals surface area (Å²) in [5.74, 6) is -0.614. The molecule has 0 aliphatic carbocycles. The third-order valence-electron chi connectivity index (χ3n) is 4.01. The number of rotatable bonds is 6. The maximum atomic E-state index is 12.2. The molecule has 1 fully saturated rings. The van der Waals surface area contributed by atoms with Gasteiger partial charge >= 0.3 is 5.97 Å². The number of carbonyl (C=O) groups excluding carboxylic acids is 1. The lowest BCUT2D eigenvalue weighted by Crippen LogP contribution is -2.55. The van der Waals surface area contributed by atoms with E-state index in [1.165, 1.54) is 7.11 Å². The minimum absolute atomic E-state index is 0.0138. The quantitative estimate of drug-likeness (QED) is 0.781. The number of ether oxygens (including phenoxy) is 1. The summed E-state index contributed by atoms with van der Waals surface area (Å²) in [6.45, 7) is 2.48. The Morgan fingerprint density at radius 2 is 2.27 bits per heavy atom. The number of carboxylic acid groups (broad SMARTS) is 1. The lowest BCUT2D eigenvalue weighted by Gasteiger charge is -2.33. The molecule has 1 atom stereocenters. The molecule has 2 rings (SSSR count). The molecule has 22 heavy (non-hydrogen) atoms. The van der Waals surface area contributed by atoms with Crippen LogP contribution in [0.4, 0.5) is 5.82 Å². The number of carboxylic acids is 1. The SMILES string of the molecule is COCC1(C(=O)O)CCCN1CC(=O)Nc1cc(C)nn1C. The number of nitrogens with one attached hydrogen (secondary N) is 1. The Labute approximate surface area is 129 Å². The van der Waals surface area contributed by atoms with E-state index in [9.17, 15) is 14.7 Å². The van der Waals surface area contributed by atoms with Crippen LogP contribution in [0.5, 0.6) is 0 Å². The Kier molecular flexibility index (Phi) is 4.82. The molecule has 0 spiro atoms. The van der Waals surface area contributed by atoms with Gasteiger partial charge in [-0.15, -0.1) is 0 Å². The zero-order valence-electron chi connectivity index (χ0n) is 13.1. The van der Waals surface area contributed by atoms with Crippen molar-refractivity contribution >= 4 is 17.7 Å². The molecule has 8 heteroatoms. The van der Waals surface area contributed by atoms with Gasteiger partial charge in [0, 0.05) is 20.2 Å². The van der Waals surface area contributed by atoms with Crippen LogP contribution in [0.3, 0.4) is 0 Å². The van der Waals surface area contributed by atoms with E-state index in [2.05, 4.69) is 10.4 Å². The predicted molar refractivity (Wildman–Crippen MR) is 79.6 cm³/mol. The lowest BCUT2D eigenvalue weighted by atomic mass is 9.97. The number of aromatic nitrogens is 2. The van der Waals surface area contributed by atoms with Crippen molar-refractivity contribution in [1.29, 1.82) is 0 Å². The van der Waals surface area contributed by atoms with Gasteiger partial charge in [-0.25, -0.2) is 0 Å². The number of hydrogen-bond donors (Lipinski definition) is 2. The molecule has 1 aliphatic rings. The molecule has 2 N–H and O–H groups in total. The van der Waals surface area contributed by atoms with E-state index in [0.29, 0.717) is 18.8 Å². The second-order valence-corrected chi connectivity index (χ2v) is 5.64. The van der Waals surface area contributed by atoms with Crippen LogP contribution in [-0.2, 0) is 21.4 Å². The Morgan fingerprint density at radius 3 is 2.82 bits per heavy atom. The summed E-state index contributed by atoms with van der Waals surface area (Å²) in [4.78, 5) is 25.5. The van der Waals surface area contributed by atoms with Crippen LogP contribution in [0.25, 0.3) is 0 Å². The van der Waals surface area contributed by atoms with E-state index >= 15 is 0 Å². The number of aliphatic carboxylic acids is 1. The van der Waals surface area contributed by atoms with Crippen LogP contribution < -0.4 is 5.32 Å². The van der Waals surface area contributed by atoms with Gasteiger partial charge in [0.05, 0.1) is 18.8 Å². The van der Waals surface area contributed by atoms with Gasteiger partial charge in [0.1, 0.15) is 11.4 Å². The maximum absolute atomic E-state index is 12.2. The zero-order valence-corrected chi connectivity index (χ0v) is 13.1. The number of likely N-dealkylation sites (tertiary alicyclic amines) is 1. The van der Waals surface area contributed by atoms with Crippen LogP contribution >= 0.6 is 0 Å². The number of nitrogens with zero attached hydrogens (tertiary/aromatic N) is 3. The van der Waals surface area contributed by atoms with E-state index < -0.39 is 11.5 Å². The molecule has 0 radical (unpaired) electrons. The highest BCUT2D eigenvalue weighted by Crippen LogP contribution is 2.30. The van der Waals surface area contributed by atoms with Crippen molar-refractivity contribution in [2.24, 2.45) is 7.05 Å². The first-order valence-corrected chi connectivity index (χ1v) is 7.17. The van der Waals surface area contributed by atoms with E-state index in [4.69, 9.17) is 4.74 Å². The van der Waals surface area contributed by atoms with Crippen LogP contribution in [0, 0.1) is 6.92 Å². The average molecular weight is 310 g/mol. The normalized spacial score (nSPS) is 22.0. The highest BCUT2D eigenvalue weighted by molar-refractivity contribution is 5.92. The zero-order chi connectivity index (χ0) is 16.3. The van der Waals surface area contributed by atoms with E-state index in [-0.39, 0.29) is 19.1 Å². The van der Waals surface area contributed by atoms with Crippen molar-refractivity contribution in [2.45, 2.75) is 25.3 Å². The third kappa shape index (κ3) is 3.12. The number of methoxy groups -OCH3 is 1. The minimum Gasteiger partial charge on any atom is -0.480 e. The van der Waals surface area contributed by atoms with E-state index in [0.717, 1.165) is 12.1 Å². The summed E-state index contributed by atoms with van der Waals surface area (Å²) >= 11 is 0. The van der Waals surface area contributed by atoms with Crippen molar-refractivity contribution in [3.63, 3.8) is 0 Å². The molecule has 1 saturated heterocycles. The van der Waals surface area contributed by atoms with Gasteiger partial charge in [-0.1, -0.05) is 0 Å². The fourth-order valence-electron chi connectivity index (χ4n) is 2.95. The molecule has 0 bridgehead atoms. The largest absolute Gasteiger partial charge is 0.480 e. The summed E-state index contributed by atoms with van der Waals surface area (Å²) in [6.07, 6.45) is 1.21. The fourth-order valence-corrected chi connectivity index (χ4v) is 2.95. The number of hydrogen-bond acceptors (Lipinski definition) is 5. The average Bonchev–Trinajstić information content (AvgIpc) is 2.95. The molecule has 0 saturated carbocycles. The standard InChI is InChI=1S/C14H22N4O4/c1-10-7-11(17(2)16-10)15-12(19)8-18-6-4-5-14(18,9-22-3)13(20)21/h7H,4-6,8-9H2,1-3H3,(H,15,19)(H,20,21). The van der Waals surface area contributed by atoms with Gasteiger partial charge in [-0.05, 0) is 26.3 Å². The van der Waals surface area contributed by atoms with Crippen molar-refractivity contribution in [1.82, 2.24) is 14.7 Å². The number of carbonyl (C=O) groups is 2. The molecule has 0 aromatic carbocycles. The lowest BCUT2D eigenvalue weighted by molar-refractivity contribution is -0.153. The second-order valence-electron chi connectivity index (χ2n) is 5.64. The molecular formula is C14H22N4O4. The number of amides is 1. The summed E-state index contributed by atoms with van der Waals surface area (Å²) in [5, 5.41) is 16.5. The first kappa shape index (κ1) is 16.4. The van der Waals surface area contributed by atoms with Crippen LogP contribution in [-0.4, -0.2) is 64.0 Å². The van der Waals surface area contributed by atoms with Gasteiger partial charge in [-0.2, -0.15) is 5.10 Å². The molecule has 1 amide bonds. The van der Waals surface area contributed by atoms with Crippen molar-refractivity contribution < 1.29 is 19.4 Å². The van der Waals surface area contributed by atoms with Crippen molar-refractivity contribution in [3.05, 3.63) is 11.8 Å². The van der Waals surface area contributed by atoms with Gasteiger partial charge < -0.3 is 15.2 Å². The first-order valence-electron chi connectivity index (χ1n) is 7.17. The smallest absolute Gasteiger partial charge is 0.326 e. The topological polar surface area (TPSA) is 96.7 Å². The molecule has 1 aromatic rings. The Morgan fingerprint density at radius 1 is 1.55 bits per heavy atom. The van der Waals surface area contributed by atoms with E-state index in [1.54, 1.807) is 22.7 Å². The number of aryl methyl sites for hydroxylation is 2.